The van der Waals surface area contributed by atoms with Gasteiger partial charge in [0.05, 0.1) is 23.0 Å². The number of carbonyl (C=O) groups excluding carboxylic acids is 1. The first-order chi connectivity index (χ1) is 21.9. The summed E-state index contributed by atoms with van der Waals surface area (Å²) in [5.74, 6) is -0.650. The highest BCUT2D eigenvalue weighted by Gasteiger charge is 2.17. The molecule has 0 saturated heterocycles. The van der Waals surface area contributed by atoms with E-state index in [1.165, 1.54) is 69.1 Å². The van der Waals surface area contributed by atoms with Crippen molar-refractivity contribution in [3.8, 4) is 11.5 Å². The van der Waals surface area contributed by atoms with Gasteiger partial charge in [-0.3, -0.25) is 9.52 Å². The van der Waals surface area contributed by atoms with Gasteiger partial charge in [0.2, 0.25) is 5.82 Å². The van der Waals surface area contributed by atoms with Gasteiger partial charge in [0, 0.05) is 6.42 Å². The van der Waals surface area contributed by atoms with Crippen molar-refractivity contribution < 1.29 is 32.6 Å². The third kappa shape index (κ3) is 14.0. The predicted molar refractivity (Wildman–Crippen MR) is 178 cm³/mol. The first-order valence-electron chi connectivity index (χ1n) is 16.1. The average Bonchev–Trinajstić information content (AvgIpc) is 3.00. The number of ether oxygens (including phenoxy) is 2. The molecule has 1 heterocycles. The molecule has 3 aromatic rings. The van der Waals surface area contributed by atoms with Crippen molar-refractivity contribution in [2.45, 2.75) is 115 Å². The van der Waals surface area contributed by atoms with Crippen molar-refractivity contribution in [2.75, 3.05) is 4.72 Å². The van der Waals surface area contributed by atoms with Crippen LogP contribution in [0.4, 0.5) is 5.69 Å². The lowest BCUT2D eigenvalue weighted by atomic mass is 10.0. The van der Waals surface area contributed by atoms with Crippen LogP contribution < -0.4 is 9.46 Å². The first kappa shape index (κ1) is 36.5. The molecule has 2 aromatic carbocycles. The third-order valence-electron chi connectivity index (χ3n) is 7.15. The molecule has 1 aromatic heterocycles. The third-order valence-corrected chi connectivity index (χ3v) is 8.55. The van der Waals surface area contributed by atoms with Gasteiger partial charge in [0.25, 0.3) is 10.0 Å². The fourth-order valence-electron chi connectivity index (χ4n) is 4.83. The number of sulfonamides is 1. The second-order valence-electron chi connectivity index (χ2n) is 12.4. The number of carbonyl (C=O) groups is 2. The number of benzene rings is 2. The van der Waals surface area contributed by atoms with Crippen LogP contribution in [0, 0.1) is 0 Å². The number of nitrogens with one attached hydrogen (secondary N) is 1. The number of aromatic nitrogens is 2. The molecule has 0 amide bonds. The molecular weight excluding hydrogens is 606 g/mol. The molecule has 0 spiro atoms. The van der Waals surface area contributed by atoms with Crippen molar-refractivity contribution >= 4 is 27.6 Å². The van der Waals surface area contributed by atoms with E-state index >= 15 is 0 Å². The monoisotopic (exact) mass is 653 g/mol. The minimum absolute atomic E-state index is 0.0151. The highest BCUT2D eigenvalue weighted by atomic mass is 32.2. The topological polar surface area (TPSA) is 145 Å². The van der Waals surface area contributed by atoms with Crippen molar-refractivity contribution in [1.29, 1.82) is 0 Å². The van der Waals surface area contributed by atoms with Crippen LogP contribution in [0.5, 0.6) is 11.5 Å². The summed E-state index contributed by atoms with van der Waals surface area (Å²) in [4.78, 5) is 29.8. The van der Waals surface area contributed by atoms with Crippen LogP contribution in [0.25, 0.3) is 0 Å². The zero-order valence-corrected chi connectivity index (χ0v) is 28.0. The van der Waals surface area contributed by atoms with E-state index < -0.39 is 27.4 Å². The molecule has 250 valence electrons. The van der Waals surface area contributed by atoms with Crippen LogP contribution >= 0.6 is 0 Å². The van der Waals surface area contributed by atoms with Gasteiger partial charge in [0.1, 0.15) is 17.1 Å². The van der Waals surface area contributed by atoms with Gasteiger partial charge in [-0.25, -0.2) is 23.2 Å². The number of unbranched alkanes of at least 4 members (excludes halogenated alkanes) is 10. The number of esters is 1. The molecule has 3 rings (SSSR count). The van der Waals surface area contributed by atoms with E-state index in [4.69, 9.17) is 14.6 Å². The molecule has 0 aliphatic heterocycles. The van der Waals surface area contributed by atoms with Crippen molar-refractivity contribution in [3.63, 3.8) is 0 Å². The Bertz CT molecular complexity index is 1470. The summed E-state index contributed by atoms with van der Waals surface area (Å²) in [6.07, 6.45) is 16.9. The SMILES string of the molecule is CC(C)(C)OC(=O)CCCCCCCCCCCCCc1ccc(Oc2ccc(S(=O)(=O)Nc3cnc(C(=O)O)nc3)cc2)cc1. The largest absolute Gasteiger partial charge is 0.475 e. The Kier molecular flexibility index (Phi) is 14.5. The number of rotatable bonds is 20. The lowest BCUT2D eigenvalue weighted by Gasteiger charge is -2.19. The summed E-state index contributed by atoms with van der Waals surface area (Å²) in [6.45, 7) is 5.71. The molecule has 0 aliphatic rings. The molecule has 0 radical (unpaired) electrons. The van der Waals surface area contributed by atoms with E-state index in [-0.39, 0.29) is 16.6 Å². The number of anilines is 1. The first-order valence-corrected chi connectivity index (χ1v) is 17.6. The van der Waals surface area contributed by atoms with Gasteiger partial charge >= 0.3 is 11.9 Å². The fraction of sp³-hybridized carbons (Fsp3) is 0.486. The lowest BCUT2D eigenvalue weighted by Crippen LogP contribution is -2.23. The number of carboxylic acids is 1. The van der Waals surface area contributed by atoms with E-state index in [2.05, 4.69) is 26.8 Å². The standard InChI is InChI=1S/C35H47N3O7S/c1-35(2,3)45-32(39)16-14-12-10-8-6-4-5-7-9-11-13-15-27-17-19-29(20-18-27)44-30-21-23-31(24-22-30)46(42,43)38-28-25-36-33(34(40)41)37-26-28/h17-26,38H,4-16H2,1-3H3,(H,40,41). The van der Waals surface area contributed by atoms with Crippen LogP contribution in [-0.2, 0) is 26.0 Å². The number of hydrogen-bond donors (Lipinski definition) is 2. The van der Waals surface area contributed by atoms with Crippen LogP contribution in [0.15, 0.2) is 65.8 Å². The van der Waals surface area contributed by atoms with Crippen molar-refractivity contribution in [1.82, 2.24) is 9.97 Å². The Balaban J connectivity index is 1.25. The van der Waals surface area contributed by atoms with E-state index in [1.54, 1.807) is 12.1 Å². The Morgan fingerprint density at radius 3 is 1.72 bits per heavy atom. The number of hydrogen-bond acceptors (Lipinski definition) is 8. The maximum Gasteiger partial charge on any atom is 0.373 e. The number of aryl methyl sites for hydroxylation is 1. The molecular formula is C35H47N3O7S. The van der Waals surface area contributed by atoms with Gasteiger partial charge in [-0.1, -0.05) is 69.9 Å². The van der Waals surface area contributed by atoms with Crippen LogP contribution in [0.3, 0.4) is 0 Å². The number of carboxylic acid groups (broad SMARTS) is 1. The predicted octanol–water partition coefficient (Wildman–Crippen LogP) is 8.33. The average molecular weight is 654 g/mol. The van der Waals surface area contributed by atoms with Gasteiger partial charge < -0.3 is 14.6 Å². The minimum atomic E-state index is -3.92. The maximum absolute atomic E-state index is 12.7. The lowest BCUT2D eigenvalue weighted by molar-refractivity contribution is -0.154. The van der Waals surface area contributed by atoms with Gasteiger partial charge in [-0.15, -0.1) is 0 Å². The van der Waals surface area contributed by atoms with Gasteiger partial charge in [-0.2, -0.15) is 0 Å². The smallest absolute Gasteiger partial charge is 0.373 e. The van der Waals surface area contributed by atoms with Crippen LogP contribution in [-0.4, -0.2) is 41.0 Å². The van der Waals surface area contributed by atoms with E-state index in [9.17, 15) is 18.0 Å². The molecule has 0 bridgehead atoms. The summed E-state index contributed by atoms with van der Waals surface area (Å²) >= 11 is 0. The second-order valence-corrected chi connectivity index (χ2v) is 14.1. The normalized spacial score (nSPS) is 11.6. The minimum Gasteiger partial charge on any atom is -0.475 e. The van der Waals surface area contributed by atoms with Crippen molar-refractivity contribution in [2.24, 2.45) is 0 Å². The summed E-state index contributed by atoms with van der Waals surface area (Å²) in [6, 6.07) is 13.9. The van der Waals surface area contributed by atoms with E-state index in [0.29, 0.717) is 17.9 Å². The molecule has 46 heavy (non-hydrogen) atoms. The van der Waals surface area contributed by atoms with Crippen LogP contribution in [0.1, 0.15) is 114 Å². The summed E-state index contributed by atoms with van der Waals surface area (Å²) in [5.41, 5.74) is 0.917. The van der Waals surface area contributed by atoms with E-state index in [1.807, 2.05) is 32.9 Å². The number of aromatic carboxylic acids is 1. The second kappa shape index (κ2) is 18.2. The quantitative estimate of drug-likeness (QED) is 0.0908. The Morgan fingerprint density at radius 1 is 0.739 bits per heavy atom. The maximum atomic E-state index is 12.7. The highest BCUT2D eigenvalue weighted by Crippen LogP contribution is 2.25. The molecule has 0 unspecified atom stereocenters. The van der Waals surface area contributed by atoms with E-state index in [0.717, 1.165) is 38.1 Å². The Hall–Kier alpha value is -3.99. The Labute approximate surface area is 273 Å². The van der Waals surface area contributed by atoms with Crippen molar-refractivity contribution in [3.05, 3.63) is 72.3 Å². The fourth-order valence-corrected chi connectivity index (χ4v) is 5.86. The van der Waals surface area contributed by atoms with Crippen LogP contribution in [0.2, 0.25) is 0 Å². The number of nitrogens with zero attached hydrogens (tertiary/aromatic N) is 2. The molecule has 11 heteroatoms. The van der Waals surface area contributed by atoms with Gasteiger partial charge in [0.15, 0.2) is 0 Å². The molecule has 0 aliphatic carbocycles. The molecule has 0 fully saturated rings. The molecule has 10 nitrogen and oxygen atoms in total. The zero-order valence-electron chi connectivity index (χ0n) is 27.2. The highest BCUT2D eigenvalue weighted by molar-refractivity contribution is 7.92. The zero-order chi connectivity index (χ0) is 33.4. The van der Waals surface area contributed by atoms with Gasteiger partial charge in [-0.05, 0) is 82.0 Å². The molecule has 0 saturated carbocycles. The summed E-state index contributed by atoms with van der Waals surface area (Å²) in [5, 5.41) is 8.87. The molecule has 0 atom stereocenters. The molecule has 2 N–H and O–H groups in total. The Morgan fingerprint density at radius 2 is 1.22 bits per heavy atom. The summed E-state index contributed by atoms with van der Waals surface area (Å²) < 4.78 is 38.9. The summed E-state index contributed by atoms with van der Waals surface area (Å²) in [7, 11) is -3.92.